The summed E-state index contributed by atoms with van der Waals surface area (Å²) in [6, 6.07) is 16.8. The second-order valence-corrected chi connectivity index (χ2v) is 7.88. The fourth-order valence-corrected chi connectivity index (χ4v) is 3.89. The van der Waals surface area contributed by atoms with Gasteiger partial charge in [0.25, 0.3) is 0 Å². The van der Waals surface area contributed by atoms with Crippen molar-refractivity contribution in [1.82, 2.24) is 15.0 Å². The van der Waals surface area contributed by atoms with Crippen molar-refractivity contribution in [2.45, 2.75) is 6.92 Å². The van der Waals surface area contributed by atoms with Gasteiger partial charge in [-0.2, -0.15) is 0 Å². The van der Waals surface area contributed by atoms with E-state index in [1.807, 2.05) is 54.7 Å². The Kier molecular flexibility index (Phi) is 4.33. The molecule has 0 radical (unpaired) electrons. The van der Waals surface area contributed by atoms with Crippen LogP contribution in [-0.4, -0.2) is 20.1 Å². The molecule has 6 nitrogen and oxygen atoms in total. The van der Waals surface area contributed by atoms with Crippen molar-refractivity contribution in [3.8, 4) is 39.8 Å². The highest BCUT2D eigenvalue weighted by Crippen LogP contribution is 2.38. The Morgan fingerprint density at radius 3 is 2.70 bits per heavy atom. The van der Waals surface area contributed by atoms with E-state index in [1.54, 1.807) is 6.92 Å². The highest BCUT2D eigenvalue weighted by atomic mass is 79.9. The maximum Gasteiger partial charge on any atom is 0.227 e. The summed E-state index contributed by atoms with van der Waals surface area (Å²) in [6.07, 6.45) is 1.88. The van der Waals surface area contributed by atoms with Gasteiger partial charge in [-0.15, -0.1) is 0 Å². The average molecular weight is 462 g/mol. The Hall–Kier alpha value is -3.58. The molecule has 0 aliphatic rings. The second kappa shape index (κ2) is 7.03. The zero-order valence-corrected chi connectivity index (χ0v) is 17.4. The summed E-state index contributed by atoms with van der Waals surface area (Å²) in [7, 11) is 0. The number of imidazole rings is 1. The van der Waals surface area contributed by atoms with E-state index in [9.17, 15) is 9.90 Å². The molecule has 2 aromatic carbocycles. The predicted octanol–water partition coefficient (Wildman–Crippen LogP) is 5.62. The number of H-pyrrole nitrogens is 2. The van der Waals surface area contributed by atoms with Crippen molar-refractivity contribution < 1.29 is 9.52 Å². The van der Waals surface area contributed by atoms with Crippen LogP contribution in [0.3, 0.4) is 0 Å². The van der Waals surface area contributed by atoms with Crippen molar-refractivity contribution in [1.29, 1.82) is 0 Å². The summed E-state index contributed by atoms with van der Waals surface area (Å²) in [6.45, 7) is 1.67. The molecule has 3 heterocycles. The monoisotopic (exact) mass is 461 g/mol. The van der Waals surface area contributed by atoms with Crippen LogP contribution in [0.15, 0.2) is 74.5 Å². The quantitative estimate of drug-likeness (QED) is 0.324. The number of rotatable bonds is 3. The topological polar surface area (TPSA) is 94.9 Å². The standard InChI is InChI=1S/C23H16BrN3O3/c1-12-9-18(28)21(29)22(30-12)20-19(13-5-3-2-4-6-13)26-23(27-20)16-11-25-17-8-7-14(24)10-15(16)17/h2-11,25,29H,1H3,(H,26,27). The molecular formula is C23H16BrN3O3. The number of hydrogen-bond acceptors (Lipinski definition) is 4. The van der Waals surface area contributed by atoms with Crippen molar-refractivity contribution >= 4 is 26.8 Å². The number of nitrogens with zero attached hydrogens (tertiary/aromatic N) is 1. The minimum Gasteiger partial charge on any atom is -0.501 e. The van der Waals surface area contributed by atoms with Crippen molar-refractivity contribution in [3.05, 3.63) is 81.3 Å². The van der Waals surface area contributed by atoms with E-state index in [2.05, 4.69) is 25.9 Å². The molecule has 0 amide bonds. The van der Waals surface area contributed by atoms with Crippen LogP contribution in [0.25, 0.3) is 45.0 Å². The number of benzene rings is 2. The van der Waals surface area contributed by atoms with Crippen molar-refractivity contribution in [2.24, 2.45) is 0 Å². The number of nitrogens with one attached hydrogen (secondary N) is 2. The molecule has 0 fully saturated rings. The van der Waals surface area contributed by atoms with Crippen molar-refractivity contribution in [2.75, 3.05) is 0 Å². The summed E-state index contributed by atoms with van der Waals surface area (Å²) in [5.74, 6) is 0.615. The summed E-state index contributed by atoms with van der Waals surface area (Å²) >= 11 is 3.52. The minimum absolute atomic E-state index is 0.0682. The summed E-state index contributed by atoms with van der Waals surface area (Å²) in [5.41, 5.74) is 3.19. The third-order valence-corrected chi connectivity index (χ3v) is 5.42. The number of halogens is 1. The number of aromatic amines is 2. The van der Waals surface area contributed by atoms with Gasteiger partial charge in [0.2, 0.25) is 11.2 Å². The zero-order chi connectivity index (χ0) is 20.8. The Morgan fingerprint density at radius 1 is 1.10 bits per heavy atom. The molecule has 30 heavy (non-hydrogen) atoms. The van der Waals surface area contributed by atoms with E-state index in [1.165, 1.54) is 6.07 Å². The van der Waals surface area contributed by atoms with Gasteiger partial charge in [-0.1, -0.05) is 46.3 Å². The highest BCUT2D eigenvalue weighted by Gasteiger charge is 2.22. The first kappa shape index (κ1) is 18.4. The van der Waals surface area contributed by atoms with Crippen LogP contribution in [0, 0.1) is 6.92 Å². The third kappa shape index (κ3) is 3.04. The molecule has 3 N–H and O–H groups in total. The maximum atomic E-state index is 12.2. The Labute approximate surface area is 179 Å². The molecule has 148 valence electrons. The Bertz CT molecular complexity index is 1450. The average Bonchev–Trinajstić information content (AvgIpc) is 3.35. The smallest absolute Gasteiger partial charge is 0.227 e. The van der Waals surface area contributed by atoms with E-state index >= 15 is 0 Å². The van der Waals surface area contributed by atoms with Gasteiger partial charge in [0.1, 0.15) is 23.0 Å². The number of hydrogen-bond donors (Lipinski definition) is 3. The van der Waals surface area contributed by atoms with Gasteiger partial charge in [-0.3, -0.25) is 4.79 Å². The number of fused-ring (bicyclic) bond motifs is 1. The summed E-state index contributed by atoms with van der Waals surface area (Å²) < 4.78 is 6.69. The third-order valence-electron chi connectivity index (χ3n) is 4.92. The fraction of sp³-hybridized carbons (Fsp3) is 0.0435. The predicted molar refractivity (Wildman–Crippen MR) is 119 cm³/mol. The molecule has 0 saturated carbocycles. The Balaban J connectivity index is 1.80. The van der Waals surface area contributed by atoms with Gasteiger partial charge in [-0.05, 0) is 25.1 Å². The molecule has 0 aliphatic heterocycles. The maximum absolute atomic E-state index is 12.2. The molecular weight excluding hydrogens is 446 g/mol. The first-order valence-electron chi connectivity index (χ1n) is 9.28. The lowest BCUT2D eigenvalue weighted by molar-refractivity contribution is 0.429. The Morgan fingerprint density at radius 2 is 1.90 bits per heavy atom. The van der Waals surface area contributed by atoms with Crippen LogP contribution in [0.5, 0.6) is 5.75 Å². The largest absolute Gasteiger partial charge is 0.501 e. The SMILES string of the molecule is Cc1cc(=O)c(O)c(-c2[nH]c(-c3c[nH]c4ccc(Br)cc34)nc2-c2ccccc2)o1. The number of aromatic hydroxyl groups is 1. The first-order valence-corrected chi connectivity index (χ1v) is 10.1. The van der Waals surface area contributed by atoms with E-state index in [-0.39, 0.29) is 5.76 Å². The van der Waals surface area contributed by atoms with E-state index < -0.39 is 11.2 Å². The lowest BCUT2D eigenvalue weighted by atomic mass is 10.1. The number of aromatic nitrogens is 3. The van der Waals surface area contributed by atoms with Crippen LogP contribution < -0.4 is 5.43 Å². The highest BCUT2D eigenvalue weighted by molar-refractivity contribution is 9.10. The van der Waals surface area contributed by atoms with Crippen LogP contribution in [-0.2, 0) is 0 Å². The fourth-order valence-electron chi connectivity index (χ4n) is 3.53. The van der Waals surface area contributed by atoms with Crippen molar-refractivity contribution in [3.63, 3.8) is 0 Å². The zero-order valence-electron chi connectivity index (χ0n) is 15.9. The van der Waals surface area contributed by atoms with E-state index in [0.717, 1.165) is 26.5 Å². The second-order valence-electron chi connectivity index (χ2n) is 6.97. The molecule has 0 atom stereocenters. The lowest BCUT2D eigenvalue weighted by Crippen LogP contribution is -2.01. The van der Waals surface area contributed by atoms with Crippen LogP contribution in [0.4, 0.5) is 0 Å². The number of aryl methyl sites for hydroxylation is 1. The summed E-state index contributed by atoms with van der Waals surface area (Å²) in [4.78, 5) is 23.5. The molecule has 0 bridgehead atoms. The lowest BCUT2D eigenvalue weighted by Gasteiger charge is -2.05. The molecule has 0 unspecified atom stereocenters. The van der Waals surface area contributed by atoms with E-state index in [0.29, 0.717) is 23.0 Å². The van der Waals surface area contributed by atoms with Crippen LogP contribution in [0.2, 0.25) is 0 Å². The normalized spacial score (nSPS) is 11.3. The van der Waals surface area contributed by atoms with Crippen LogP contribution in [0.1, 0.15) is 5.76 Å². The van der Waals surface area contributed by atoms with Gasteiger partial charge >= 0.3 is 0 Å². The summed E-state index contributed by atoms with van der Waals surface area (Å²) in [5, 5.41) is 11.4. The van der Waals surface area contributed by atoms with Gasteiger partial charge < -0.3 is 19.5 Å². The van der Waals surface area contributed by atoms with E-state index in [4.69, 9.17) is 9.40 Å². The first-order chi connectivity index (χ1) is 14.5. The van der Waals surface area contributed by atoms with Gasteiger partial charge in [-0.25, -0.2) is 4.98 Å². The molecule has 0 aliphatic carbocycles. The molecule has 5 rings (SSSR count). The molecule has 7 heteroatoms. The van der Waals surface area contributed by atoms with Gasteiger partial charge in [0.15, 0.2) is 5.76 Å². The van der Waals surface area contributed by atoms with Crippen LogP contribution >= 0.6 is 15.9 Å². The van der Waals surface area contributed by atoms with Gasteiger partial charge in [0, 0.05) is 38.8 Å². The molecule has 5 aromatic rings. The van der Waals surface area contributed by atoms with Gasteiger partial charge in [0.05, 0.1) is 0 Å². The molecule has 3 aromatic heterocycles. The minimum atomic E-state index is -0.500. The molecule has 0 saturated heterocycles. The molecule has 0 spiro atoms.